The molecule has 38 heavy (non-hydrogen) atoms. The van der Waals surface area contributed by atoms with Gasteiger partial charge >= 0.3 is 12.1 Å². The van der Waals surface area contributed by atoms with Crippen molar-refractivity contribution in [3.8, 4) is 23.1 Å². The van der Waals surface area contributed by atoms with E-state index in [2.05, 4.69) is 9.97 Å². The summed E-state index contributed by atoms with van der Waals surface area (Å²) < 4.78 is 23.7. The maximum atomic E-state index is 13.3. The van der Waals surface area contributed by atoms with Gasteiger partial charge in [-0.05, 0) is 64.4 Å². The Bertz CT molecular complexity index is 1450. The lowest BCUT2D eigenvalue weighted by Gasteiger charge is -2.23. The van der Waals surface area contributed by atoms with E-state index in [0.29, 0.717) is 34.8 Å². The first-order valence-corrected chi connectivity index (χ1v) is 12.1. The summed E-state index contributed by atoms with van der Waals surface area (Å²) in [4.78, 5) is 34.4. The largest absolute Gasteiger partial charge is 0.476 e. The van der Waals surface area contributed by atoms with Crippen molar-refractivity contribution in [3.05, 3.63) is 72.4 Å². The molecule has 2 heterocycles. The monoisotopic (exact) mass is 517 g/mol. The molecule has 0 N–H and O–H groups in total. The van der Waals surface area contributed by atoms with E-state index in [1.807, 2.05) is 30.3 Å². The van der Waals surface area contributed by atoms with Crippen LogP contribution in [0.15, 0.2) is 66.9 Å². The lowest BCUT2D eigenvalue weighted by atomic mass is 10.1. The van der Waals surface area contributed by atoms with Gasteiger partial charge in [-0.3, -0.25) is 0 Å². The molecule has 9 heteroatoms. The molecule has 0 unspecified atom stereocenters. The fourth-order valence-corrected chi connectivity index (χ4v) is 3.79. The molecule has 2 aromatic carbocycles. The molecule has 9 nitrogen and oxygen atoms in total. The number of methoxy groups -OCH3 is 1. The van der Waals surface area contributed by atoms with E-state index in [9.17, 15) is 9.59 Å². The van der Waals surface area contributed by atoms with E-state index in [-0.39, 0.29) is 5.82 Å². The van der Waals surface area contributed by atoms with Gasteiger partial charge in [0, 0.05) is 17.6 Å². The molecule has 2 aromatic heterocycles. The van der Waals surface area contributed by atoms with Crippen molar-refractivity contribution in [2.75, 3.05) is 7.11 Å². The van der Waals surface area contributed by atoms with Crippen molar-refractivity contribution in [3.63, 3.8) is 0 Å². The zero-order valence-electron chi connectivity index (χ0n) is 22.3. The lowest BCUT2D eigenvalue weighted by molar-refractivity contribution is -0.156. The van der Waals surface area contributed by atoms with Gasteiger partial charge in [0.1, 0.15) is 18.0 Å². The number of fused-ring (bicyclic) bond motifs is 1. The average molecular weight is 518 g/mol. The van der Waals surface area contributed by atoms with E-state index >= 15 is 0 Å². The number of benzene rings is 2. The summed E-state index contributed by atoms with van der Waals surface area (Å²) in [5, 5.41) is 0.670. The molecule has 0 aliphatic carbocycles. The van der Waals surface area contributed by atoms with E-state index in [0.717, 1.165) is 5.56 Å². The van der Waals surface area contributed by atoms with Crippen LogP contribution in [0.5, 0.6) is 11.6 Å². The number of hydrogen-bond donors (Lipinski definition) is 0. The Hall–Kier alpha value is -4.40. The van der Waals surface area contributed by atoms with Crippen LogP contribution in [-0.4, -0.2) is 44.9 Å². The molecular weight excluding hydrogens is 486 g/mol. The highest BCUT2D eigenvalue weighted by Gasteiger charge is 2.31. The number of aromatic nitrogens is 3. The zero-order chi connectivity index (χ0) is 27.5. The number of nitrogens with zero attached hydrogens (tertiary/aromatic N) is 3. The van der Waals surface area contributed by atoms with Crippen molar-refractivity contribution in [2.45, 2.75) is 52.4 Å². The van der Waals surface area contributed by atoms with Crippen LogP contribution in [0, 0.1) is 0 Å². The van der Waals surface area contributed by atoms with Crippen LogP contribution in [0.2, 0.25) is 0 Å². The molecule has 0 saturated heterocycles. The van der Waals surface area contributed by atoms with Gasteiger partial charge in [-0.1, -0.05) is 30.3 Å². The normalized spacial score (nSPS) is 11.7. The first kappa shape index (κ1) is 26.7. The van der Waals surface area contributed by atoms with Crippen molar-refractivity contribution < 1.29 is 28.5 Å². The topological polar surface area (TPSA) is 102 Å². The van der Waals surface area contributed by atoms with Crippen LogP contribution in [0.4, 0.5) is 4.79 Å². The molecule has 198 valence electrons. The second-order valence-electron chi connectivity index (χ2n) is 10.2. The molecule has 0 saturated carbocycles. The van der Waals surface area contributed by atoms with Gasteiger partial charge in [-0.15, -0.1) is 0 Å². The molecule has 4 rings (SSSR count). The number of hydrogen-bond acceptors (Lipinski definition) is 8. The number of esters is 1. The quantitative estimate of drug-likeness (QED) is 0.284. The first-order chi connectivity index (χ1) is 18.0. The predicted molar refractivity (Wildman–Crippen MR) is 142 cm³/mol. The Kier molecular flexibility index (Phi) is 7.39. The van der Waals surface area contributed by atoms with Gasteiger partial charge in [0.25, 0.3) is 0 Å². The van der Waals surface area contributed by atoms with Crippen LogP contribution in [0.3, 0.4) is 0 Å². The van der Waals surface area contributed by atoms with E-state index in [1.165, 1.54) is 11.7 Å². The second-order valence-corrected chi connectivity index (χ2v) is 10.2. The summed E-state index contributed by atoms with van der Waals surface area (Å²) >= 11 is 0. The molecule has 0 aliphatic rings. The lowest BCUT2D eigenvalue weighted by Crippen LogP contribution is -2.39. The second kappa shape index (κ2) is 10.5. The van der Waals surface area contributed by atoms with Gasteiger partial charge in [0.05, 0.1) is 18.3 Å². The van der Waals surface area contributed by atoms with Crippen molar-refractivity contribution in [1.29, 1.82) is 0 Å². The Balaban J connectivity index is 1.74. The summed E-state index contributed by atoms with van der Waals surface area (Å²) in [6.07, 6.45) is 0.998. The summed E-state index contributed by atoms with van der Waals surface area (Å²) in [5.41, 5.74) is 0.0606. The van der Waals surface area contributed by atoms with Crippen molar-refractivity contribution in [2.24, 2.45) is 0 Å². The highest BCUT2D eigenvalue weighted by atomic mass is 16.6. The minimum atomic E-state index is -1.20. The van der Waals surface area contributed by atoms with Crippen LogP contribution in [0.25, 0.3) is 22.4 Å². The van der Waals surface area contributed by atoms with Crippen LogP contribution in [-0.2, 0) is 20.9 Å². The van der Waals surface area contributed by atoms with Gasteiger partial charge in [-0.25, -0.2) is 19.1 Å². The van der Waals surface area contributed by atoms with Crippen LogP contribution >= 0.6 is 0 Å². The van der Waals surface area contributed by atoms with E-state index in [1.54, 1.807) is 71.1 Å². The maximum absolute atomic E-state index is 13.3. The maximum Gasteiger partial charge on any atom is 0.419 e. The third-order valence-electron chi connectivity index (χ3n) is 5.49. The summed E-state index contributed by atoms with van der Waals surface area (Å²) in [7, 11) is 1.31. The van der Waals surface area contributed by atoms with Crippen LogP contribution < -0.4 is 9.47 Å². The van der Waals surface area contributed by atoms with Crippen molar-refractivity contribution in [1.82, 2.24) is 14.5 Å². The fourth-order valence-electron chi connectivity index (χ4n) is 3.79. The Morgan fingerprint density at radius 3 is 2.37 bits per heavy atom. The molecule has 4 aromatic rings. The first-order valence-electron chi connectivity index (χ1n) is 12.1. The molecule has 0 fully saturated rings. The Labute approximate surface area is 221 Å². The van der Waals surface area contributed by atoms with E-state index in [4.69, 9.17) is 18.9 Å². The number of carbonyl (C=O) groups excluding carboxylic acids is 2. The number of carbonyl (C=O) groups is 2. The summed E-state index contributed by atoms with van der Waals surface area (Å²) in [5.74, 6) is 0.575. The summed E-state index contributed by atoms with van der Waals surface area (Å²) in [6, 6.07) is 18.3. The molecule has 0 amide bonds. The minimum absolute atomic E-state index is 0.287. The van der Waals surface area contributed by atoms with Gasteiger partial charge in [-0.2, -0.15) is 4.98 Å². The minimum Gasteiger partial charge on any atom is -0.476 e. The van der Waals surface area contributed by atoms with Gasteiger partial charge in [0.15, 0.2) is 11.4 Å². The standard InChI is InChI=1S/C29H31N3O6/c1-28(2,3)38-27(34)32-22-13-12-21(37-29(4,5)26(33)35-6)16-20(22)17-23(32)25-30-15-14-24(31-25)36-18-19-10-8-7-9-11-19/h7-17H,18H2,1-6H3. The van der Waals surface area contributed by atoms with Gasteiger partial charge < -0.3 is 18.9 Å². The van der Waals surface area contributed by atoms with Crippen LogP contribution in [0.1, 0.15) is 40.2 Å². The predicted octanol–water partition coefficient (Wildman–Crippen LogP) is 5.79. The molecular formula is C29H31N3O6. The number of rotatable bonds is 7. The van der Waals surface area contributed by atoms with Crippen molar-refractivity contribution >= 4 is 23.0 Å². The highest BCUT2D eigenvalue weighted by Crippen LogP contribution is 2.32. The molecule has 0 bridgehead atoms. The Morgan fingerprint density at radius 2 is 1.68 bits per heavy atom. The fraction of sp³-hybridized carbons (Fsp3) is 0.310. The summed E-state index contributed by atoms with van der Waals surface area (Å²) in [6.45, 7) is 8.97. The SMILES string of the molecule is COC(=O)C(C)(C)Oc1ccc2c(c1)cc(-c1nccc(OCc3ccccc3)n1)n2C(=O)OC(C)(C)C. The third kappa shape index (κ3) is 6.11. The average Bonchev–Trinajstić information content (AvgIpc) is 3.25. The highest BCUT2D eigenvalue weighted by molar-refractivity contribution is 5.96. The molecule has 0 radical (unpaired) electrons. The van der Waals surface area contributed by atoms with Gasteiger partial charge in [0.2, 0.25) is 5.88 Å². The van der Waals surface area contributed by atoms with E-state index < -0.39 is 23.3 Å². The molecule has 0 atom stereocenters. The third-order valence-corrected chi connectivity index (χ3v) is 5.49. The Morgan fingerprint density at radius 1 is 0.947 bits per heavy atom. The molecule has 0 spiro atoms. The molecule has 0 aliphatic heterocycles. The number of ether oxygens (including phenoxy) is 4. The smallest absolute Gasteiger partial charge is 0.419 e. The zero-order valence-corrected chi connectivity index (χ0v) is 22.3.